The fourth-order valence-electron chi connectivity index (χ4n) is 3.81. The second-order valence-electron chi connectivity index (χ2n) is 8.37. The molecule has 0 aromatic heterocycles. The van der Waals surface area contributed by atoms with Gasteiger partial charge >= 0.3 is 0 Å². The molecule has 36 heavy (non-hydrogen) atoms. The van der Waals surface area contributed by atoms with E-state index in [1.54, 1.807) is 67.6 Å². The minimum atomic E-state index is -3.72. The highest BCUT2D eigenvalue weighted by Crippen LogP contribution is 2.25. The summed E-state index contributed by atoms with van der Waals surface area (Å²) < 4.78 is 26.4. The third-order valence-corrected chi connectivity index (χ3v) is 7.04. The molecule has 7 nitrogen and oxygen atoms in total. The molecule has 190 valence electrons. The highest BCUT2D eigenvalue weighted by Gasteiger charge is 2.33. The standard InChI is InChI=1S/C27H30ClN3O4S/c1-3-29-27(33)26(23-12-8-5-9-13-23)31(19-22-14-16-24(28)17-15-22)25(32)20-30(36(2,34)35)18-21-10-6-4-7-11-21/h4-17,26H,3,18-20H2,1-2H3,(H,29,33)/t26-/m0/s1. The summed E-state index contributed by atoms with van der Waals surface area (Å²) in [5.74, 6) is -0.841. The van der Waals surface area contributed by atoms with E-state index in [0.29, 0.717) is 17.1 Å². The van der Waals surface area contributed by atoms with E-state index < -0.39 is 28.5 Å². The SMILES string of the molecule is CCNC(=O)[C@H](c1ccccc1)N(Cc1ccc(Cl)cc1)C(=O)CN(Cc1ccccc1)S(C)(=O)=O. The van der Waals surface area contributed by atoms with Crippen LogP contribution in [0.5, 0.6) is 0 Å². The lowest BCUT2D eigenvalue weighted by atomic mass is 10.0. The summed E-state index contributed by atoms with van der Waals surface area (Å²) in [4.78, 5) is 28.5. The summed E-state index contributed by atoms with van der Waals surface area (Å²) in [6.07, 6.45) is 1.07. The van der Waals surface area contributed by atoms with Crippen LogP contribution in [0.4, 0.5) is 0 Å². The fraction of sp³-hybridized carbons (Fsp3) is 0.259. The van der Waals surface area contributed by atoms with Crippen molar-refractivity contribution in [3.8, 4) is 0 Å². The quantitative estimate of drug-likeness (QED) is 0.408. The first-order chi connectivity index (χ1) is 17.2. The number of hydrogen-bond donors (Lipinski definition) is 1. The number of benzene rings is 3. The minimum absolute atomic E-state index is 0.0390. The van der Waals surface area contributed by atoms with Gasteiger partial charge in [0.05, 0.1) is 12.8 Å². The van der Waals surface area contributed by atoms with Crippen molar-refractivity contribution < 1.29 is 18.0 Å². The summed E-state index contributed by atoms with van der Waals surface area (Å²) >= 11 is 6.04. The molecular formula is C27H30ClN3O4S. The summed E-state index contributed by atoms with van der Waals surface area (Å²) in [6.45, 7) is 1.90. The zero-order chi connectivity index (χ0) is 26.1. The van der Waals surface area contributed by atoms with E-state index in [1.165, 1.54) is 4.90 Å². The Hall–Kier alpha value is -3.20. The number of carbonyl (C=O) groups is 2. The molecule has 1 atom stereocenters. The molecule has 0 unspecified atom stereocenters. The first-order valence-corrected chi connectivity index (χ1v) is 13.8. The second-order valence-corrected chi connectivity index (χ2v) is 10.8. The van der Waals surface area contributed by atoms with Gasteiger partial charge in [0.25, 0.3) is 0 Å². The van der Waals surface area contributed by atoms with E-state index in [1.807, 2.05) is 24.3 Å². The largest absolute Gasteiger partial charge is 0.354 e. The normalized spacial score (nSPS) is 12.2. The molecule has 1 N–H and O–H groups in total. The number of nitrogens with zero attached hydrogens (tertiary/aromatic N) is 2. The van der Waals surface area contributed by atoms with Crippen LogP contribution in [-0.4, -0.2) is 48.8 Å². The molecule has 0 fully saturated rings. The lowest BCUT2D eigenvalue weighted by Gasteiger charge is -2.33. The Morgan fingerprint density at radius 1 is 0.861 bits per heavy atom. The van der Waals surface area contributed by atoms with Crippen LogP contribution < -0.4 is 5.32 Å². The van der Waals surface area contributed by atoms with E-state index in [0.717, 1.165) is 21.7 Å². The van der Waals surface area contributed by atoms with E-state index in [9.17, 15) is 18.0 Å². The van der Waals surface area contributed by atoms with Crippen LogP contribution in [0.1, 0.15) is 29.7 Å². The van der Waals surface area contributed by atoms with Crippen LogP contribution in [0.2, 0.25) is 5.02 Å². The molecule has 0 saturated carbocycles. The van der Waals surface area contributed by atoms with Crippen molar-refractivity contribution in [2.45, 2.75) is 26.1 Å². The van der Waals surface area contributed by atoms with Crippen LogP contribution in [0.3, 0.4) is 0 Å². The van der Waals surface area contributed by atoms with Gasteiger partial charge in [-0.2, -0.15) is 4.31 Å². The zero-order valence-electron chi connectivity index (χ0n) is 20.3. The number of nitrogens with one attached hydrogen (secondary N) is 1. The summed E-state index contributed by atoms with van der Waals surface area (Å²) in [5, 5.41) is 3.36. The van der Waals surface area contributed by atoms with Crippen molar-refractivity contribution in [1.82, 2.24) is 14.5 Å². The average Bonchev–Trinajstić information content (AvgIpc) is 2.85. The second kappa shape index (κ2) is 12.7. The van der Waals surface area contributed by atoms with Gasteiger partial charge in [-0.25, -0.2) is 8.42 Å². The molecule has 0 aliphatic carbocycles. The van der Waals surface area contributed by atoms with E-state index in [-0.39, 0.29) is 19.0 Å². The molecule has 0 bridgehead atoms. The molecule has 3 aromatic carbocycles. The Bertz CT molecular complexity index is 1250. The van der Waals surface area contributed by atoms with Crippen LogP contribution in [0.15, 0.2) is 84.9 Å². The lowest BCUT2D eigenvalue weighted by molar-refractivity contribution is -0.141. The van der Waals surface area contributed by atoms with Crippen LogP contribution >= 0.6 is 11.6 Å². The Morgan fingerprint density at radius 2 is 1.42 bits per heavy atom. The van der Waals surface area contributed by atoms with E-state index in [2.05, 4.69) is 5.32 Å². The molecule has 9 heteroatoms. The Morgan fingerprint density at radius 3 is 1.97 bits per heavy atom. The highest BCUT2D eigenvalue weighted by molar-refractivity contribution is 7.88. The highest BCUT2D eigenvalue weighted by atomic mass is 35.5. The Balaban J connectivity index is 2.00. The minimum Gasteiger partial charge on any atom is -0.354 e. The molecule has 2 amide bonds. The number of carbonyl (C=O) groups excluding carboxylic acids is 2. The van der Waals surface area contributed by atoms with Crippen molar-refractivity contribution in [3.05, 3.63) is 107 Å². The third kappa shape index (κ3) is 7.65. The molecule has 0 radical (unpaired) electrons. The summed E-state index contributed by atoms with van der Waals surface area (Å²) in [6, 6.07) is 24.1. The van der Waals surface area contributed by atoms with Crippen LogP contribution in [0.25, 0.3) is 0 Å². The molecule has 0 aliphatic heterocycles. The number of likely N-dealkylation sites (N-methyl/N-ethyl adjacent to an activating group) is 1. The molecule has 0 heterocycles. The maximum absolute atomic E-state index is 13.8. The number of amides is 2. The Labute approximate surface area is 217 Å². The van der Waals surface area contributed by atoms with Crippen molar-refractivity contribution in [3.63, 3.8) is 0 Å². The van der Waals surface area contributed by atoms with Gasteiger partial charge in [0, 0.05) is 24.7 Å². The summed E-state index contributed by atoms with van der Waals surface area (Å²) in [7, 11) is -3.72. The zero-order valence-corrected chi connectivity index (χ0v) is 21.9. The fourth-order valence-corrected chi connectivity index (χ4v) is 4.66. The number of hydrogen-bond acceptors (Lipinski definition) is 4. The number of sulfonamides is 1. The van der Waals surface area contributed by atoms with Gasteiger partial charge in [-0.1, -0.05) is 84.4 Å². The van der Waals surface area contributed by atoms with Gasteiger partial charge in [0.1, 0.15) is 6.04 Å². The van der Waals surface area contributed by atoms with Gasteiger partial charge < -0.3 is 10.2 Å². The van der Waals surface area contributed by atoms with Gasteiger partial charge in [0.15, 0.2) is 0 Å². The number of halogens is 1. The van der Waals surface area contributed by atoms with Crippen molar-refractivity contribution in [1.29, 1.82) is 0 Å². The smallest absolute Gasteiger partial charge is 0.247 e. The van der Waals surface area contributed by atoms with Crippen molar-refractivity contribution in [2.24, 2.45) is 0 Å². The molecule has 0 aliphatic rings. The first kappa shape index (κ1) is 27.4. The van der Waals surface area contributed by atoms with Gasteiger partial charge in [0.2, 0.25) is 21.8 Å². The lowest BCUT2D eigenvalue weighted by Crippen LogP contribution is -2.47. The average molecular weight is 528 g/mol. The third-order valence-electron chi connectivity index (χ3n) is 5.60. The van der Waals surface area contributed by atoms with Crippen LogP contribution in [0, 0.1) is 0 Å². The van der Waals surface area contributed by atoms with Crippen LogP contribution in [-0.2, 0) is 32.7 Å². The molecule has 3 rings (SSSR count). The van der Waals surface area contributed by atoms with E-state index >= 15 is 0 Å². The van der Waals surface area contributed by atoms with E-state index in [4.69, 9.17) is 11.6 Å². The predicted molar refractivity (Wildman–Crippen MR) is 142 cm³/mol. The maximum atomic E-state index is 13.8. The summed E-state index contributed by atoms with van der Waals surface area (Å²) in [5.41, 5.74) is 2.13. The van der Waals surface area contributed by atoms with Gasteiger partial charge in [-0.3, -0.25) is 9.59 Å². The predicted octanol–water partition coefficient (Wildman–Crippen LogP) is 4.01. The van der Waals surface area contributed by atoms with Gasteiger partial charge in [-0.05, 0) is 35.7 Å². The maximum Gasteiger partial charge on any atom is 0.247 e. The van der Waals surface area contributed by atoms with Crippen molar-refractivity contribution >= 4 is 33.4 Å². The molecule has 3 aromatic rings. The van der Waals surface area contributed by atoms with Gasteiger partial charge in [-0.15, -0.1) is 0 Å². The molecular weight excluding hydrogens is 498 g/mol. The number of rotatable bonds is 11. The molecule has 0 saturated heterocycles. The molecule has 0 spiro atoms. The first-order valence-electron chi connectivity index (χ1n) is 11.5. The monoisotopic (exact) mass is 527 g/mol. The Kier molecular flexibility index (Phi) is 9.64. The van der Waals surface area contributed by atoms with Crippen molar-refractivity contribution in [2.75, 3.05) is 19.3 Å². The topological polar surface area (TPSA) is 86.8 Å².